The van der Waals surface area contributed by atoms with Crippen molar-refractivity contribution in [3.05, 3.63) is 23.8 Å². The van der Waals surface area contributed by atoms with E-state index in [1.165, 1.54) is 25.3 Å². The Labute approximate surface area is 91.3 Å². The molecule has 0 heterocycles. The van der Waals surface area contributed by atoms with Crippen LogP contribution in [0.5, 0.6) is 5.75 Å². The number of benzene rings is 1. The predicted molar refractivity (Wildman–Crippen MR) is 55.4 cm³/mol. The van der Waals surface area contributed by atoms with Crippen LogP contribution in [0.3, 0.4) is 0 Å². The lowest BCUT2D eigenvalue weighted by Crippen LogP contribution is -2.21. The van der Waals surface area contributed by atoms with Crippen LogP contribution in [0, 0.1) is 0 Å². The fourth-order valence-corrected chi connectivity index (χ4v) is 1.30. The third-order valence-corrected chi connectivity index (χ3v) is 2.08. The van der Waals surface area contributed by atoms with Crippen molar-refractivity contribution in [2.45, 2.75) is 5.92 Å². The van der Waals surface area contributed by atoms with E-state index in [0.29, 0.717) is 5.69 Å². The molecule has 16 heavy (non-hydrogen) atoms. The van der Waals surface area contributed by atoms with E-state index in [0.717, 1.165) is 0 Å². The number of nitrogen functional groups attached to an aromatic ring is 1. The molecular formula is C10H11NO5. The number of carboxylic acid groups (broad SMARTS) is 2. The van der Waals surface area contributed by atoms with Crippen molar-refractivity contribution in [1.82, 2.24) is 0 Å². The minimum absolute atomic E-state index is 0.117. The fraction of sp³-hybridized carbons (Fsp3) is 0.200. The van der Waals surface area contributed by atoms with E-state index >= 15 is 0 Å². The minimum atomic E-state index is -1.62. The van der Waals surface area contributed by atoms with Crippen molar-refractivity contribution in [2.24, 2.45) is 0 Å². The molecule has 0 spiro atoms. The highest BCUT2D eigenvalue weighted by Gasteiger charge is 2.28. The first kappa shape index (κ1) is 11.8. The van der Waals surface area contributed by atoms with Gasteiger partial charge >= 0.3 is 11.9 Å². The number of hydrogen-bond acceptors (Lipinski definition) is 4. The van der Waals surface area contributed by atoms with Gasteiger partial charge in [0.1, 0.15) is 5.75 Å². The molecular weight excluding hydrogens is 214 g/mol. The molecule has 0 aliphatic carbocycles. The minimum Gasteiger partial charge on any atom is -0.495 e. The van der Waals surface area contributed by atoms with Gasteiger partial charge in [0.05, 0.1) is 12.8 Å². The second kappa shape index (κ2) is 4.52. The van der Waals surface area contributed by atoms with Crippen molar-refractivity contribution in [3.8, 4) is 5.75 Å². The SMILES string of the molecule is COc1cc(C(C(=O)O)C(=O)O)ccc1N. The molecule has 1 aromatic rings. The topological polar surface area (TPSA) is 110 Å². The molecule has 6 heteroatoms. The average Bonchev–Trinajstić information content (AvgIpc) is 2.19. The lowest BCUT2D eigenvalue weighted by atomic mass is 9.99. The molecule has 0 unspecified atom stereocenters. The number of nitrogens with two attached hydrogens (primary N) is 1. The Morgan fingerprint density at radius 2 is 1.88 bits per heavy atom. The molecule has 0 fully saturated rings. The molecule has 6 nitrogen and oxygen atoms in total. The number of hydrogen-bond donors (Lipinski definition) is 3. The Morgan fingerprint density at radius 1 is 1.31 bits per heavy atom. The Balaban J connectivity index is 3.20. The molecule has 1 rings (SSSR count). The standard InChI is InChI=1S/C10H11NO5/c1-16-7-4-5(2-3-6(7)11)8(9(12)13)10(14)15/h2-4,8H,11H2,1H3,(H,12,13)(H,14,15). The number of carbonyl (C=O) groups is 2. The van der Waals surface area contributed by atoms with E-state index in [1.54, 1.807) is 0 Å². The third-order valence-electron chi connectivity index (χ3n) is 2.08. The molecule has 0 aliphatic heterocycles. The summed E-state index contributed by atoms with van der Waals surface area (Å²) < 4.78 is 4.88. The first-order chi connectivity index (χ1) is 7.47. The van der Waals surface area contributed by atoms with Crippen LogP contribution in [0.25, 0.3) is 0 Å². The average molecular weight is 225 g/mol. The summed E-state index contributed by atoms with van der Waals surface area (Å²) in [5.41, 5.74) is 5.97. The normalized spacial score (nSPS) is 10.1. The van der Waals surface area contributed by atoms with Crippen molar-refractivity contribution in [1.29, 1.82) is 0 Å². The van der Waals surface area contributed by atoms with E-state index < -0.39 is 17.9 Å². The van der Waals surface area contributed by atoms with Crippen LogP contribution >= 0.6 is 0 Å². The summed E-state index contributed by atoms with van der Waals surface area (Å²) in [5, 5.41) is 17.6. The molecule has 0 aromatic heterocycles. The van der Waals surface area contributed by atoms with Crippen LogP contribution in [0.15, 0.2) is 18.2 Å². The van der Waals surface area contributed by atoms with Crippen LogP contribution in [0.4, 0.5) is 5.69 Å². The Kier molecular flexibility index (Phi) is 3.34. The van der Waals surface area contributed by atoms with E-state index in [9.17, 15) is 9.59 Å². The molecule has 1 aromatic carbocycles. The van der Waals surface area contributed by atoms with Crippen molar-refractivity contribution >= 4 is 17.6 Å². The predicted octanol–water partition coefficient (Wildman–Crippen LogP) is 0.530. The lowest BCUT2D eigenvalue weighted by molar-refractivity contribution is -0.150. The number of anilines is 1. The zero-order valence-corrected chi connectivity index (χ0v) is 8.51. The van der Waals surface area contributed by atoms with Gasteiger partial charge in [0.15, 0.2) is 5.92 Å². The Morgan fingerprint density at radius 3 is 2.31 bits per heavy atom. The van der Waals surface area contributed by atoms with Gasteiger partial charge in [0.25, 0.3) is 0 Å². The quantitative estimate of drug-likeness (QED) is 0.509. The molecule has 0 saturated heterocycles. The second-order valence-electron chi connectivity index (χ2n) is 3.11. The van der Waals surface area contributed by atoms with E-state index in [1.807, 2.05) is 0 Å². The summed E-state index contributed by atoms with van der Waals surface area (Å²) in [6, 6.07) is 4.07. The number of methoxy groups -OCH3 is 1. The molecule has 0 amide bonds. The molecule has 0 saturated carbocycles. The summed E-state index contributed by atoms with van der Waals surface area (Å²) in [4.78, 5) is 21.5. The largest absolute Gasteiger partial charge is 0.495 e. The van der Waals surface area contributed by atoms with Crippen molar-refractivity contribution in [3.63, 3.8) is 0 Å². The molecule has 0 aliphatic rings. The summed E-state index contributed by atoms with van der Waals surface area (Å²) in [7, 11) is 1.37. The highest BCUT2D eigenvalue weighted by Crippen LogP contribution is 2.27. The first-order valence-electron chi connectivity index (χ1n) is 4.36. The molecule has 4 N–H and O–H groups in total. The zero-order valence-electron chi connectivity index (χ0n) is 8.51. The molecule has 0 atom stereocenters. The number of rotatable bonds is 4. The van der Waals surface area contributed by atoms with Gasteiger partial charge < -0.3 is 20.7 Å². The summed E-state index contributed by atoms with van der Waals surface area (Å²) in [5.74, 6) is -4.22. The van der Waals surface area contributed by atoms with E-state index in [4.69, 9.17) is 20.7 Å². The zero-order chi connectivity index (χ0) is 12.3. The van der Waals surface area contributed by atoms with Crippen LogP contribution in [0.1, 0.15) is 11.5 Å². The van der Waals surface area contributed by atoms with E-state index in [2.05, 4.69) is 0 Å². The summed E-state index contributed by atoms with van der Waals surface area (Å²) in [6.07, 6.45) is 0. The van der Waals surface area contributed by atoms with Gasteiger partial charge in [-0.2, -0.15) is 0 Å². The maximum atomic E-state index is 10.8. The van der Waals surface area contributed by atoms with Gasteiger partial charge in [0, 0.05) is 0 Å². The monoisotopic (exact) mass is 225 g/mol. The number of ether oxygens (including phenoxy) is 1. The van der Waals surface area contributed by atoms with Gasteiger partial charge in [0.2, 0.25) is 0 Å². The second-order valence-corrected chi connectivity index (χ2v) is 3.11. The fourth-order valence-electron chi connectivity index (χ4n) is 1.30. The van der Waals surface area contributed by atoms with Crippen molar-refractivity contribution < 1.29 is 24.5 Å². The first-order valence-corrected chi connectivity index (χ1v) is 4.36. The van der Waals surface area contributed by atoms with Gasteiger partial charge in [-0.05, 0) is 17.7 Å². The van der Waals surface area contributed by atoms with Gasteiger partial charge in [-0.25, -0.2) is 0 Å². The van der Waals surface area contributed by atoms with Crippen LogP contribution in [-0.2, 0) is 9.59 Å². The highest BCUT2D eigenvalue weighted by atomic mass is 16.5. The van der Waals surface area contributed by atoms with Crippen LogP contribution < -0.4 is 10.5 Å². The maximum absolute atomic E-state index is 10.8. The van der Waals surface area contributed by atoms with Crippen molar-refractivity contribution in [2.75, 3.05) is 12.8 Å². The van der Waals surface area contributed by atoms with Gasteiger partial charge in [-0.1, -0.05) is 6.07 Å². The highest BCUT2D eigenvalue weighted by molar-refractivity contribution is 5.99. The lowest BCUT2D eigenvalue weighted by Gasteiger charge is -2.10. The molecule has 86 valence electrons. The molecule has 0 bridgehead atoms. The number of aliphatic carboxylic acids is 2. The summed E-state index contributed by atoms with van der Waals surface area (Å²) >= 11 is 0. The number of carboxylic acids is 2. The Hall–Kier alpha value is -2.24. The maximum Gasteiger partial charge on any atom is 0.322 e. The van der Waals surface area contributed by atoms with Crippen LogP contribution in [-0.4, -0.2) is 29.3 Å². The van der Waals surface area contributed by atoms with Gasteiger partial charge in [-0.3, -0.25) is 9.59 Å². The smallest absolute Gasteiger partial charge is 0.322 e. The van der Waals surface area contributed by atoms with Gasteiger partial charge in [-0.15, -0.1) is 0 Å². The molecule has 0 radical (unpaired) electrons. The Bertz CT molecular complexity index is 415. The summed E-state index contributed by atoms with van der Waals surface area (Å²) in [6.45, 7) is 0. The van der Waals surface area contributed by atoms with Crippen LogP contribution in [0.2, 0.25) is 0 Å². The third kappa shape index (κ3) is 2.22. The van der Waals surface area contributed by atoms with E-state index in [-0.39, 0.29) is 11.3 Å².